The van der Waals surface area contributed by atoms with E-state index < -0.39 is 0 Å². The number of ether oxygens (including phenoxy) is 2. The average molecular weight is 350 g/mol. The summed E-state index contributed by atoms with van der Waals surface area (Å²) < 4.78 is 11.2. The summed E-state index contributed by atoms with van der Waals surface area (Å²) in [6.45, 7) is 3.06. The molecule has 0 aliphatic carbocycles. The maximum atomic E-state index is 5.78. The fraction of sp³-hybridized carbons (Fsp3) is 0.278. The van der Waals surface area contributed by atoms with E-state index in [1.54, 1.807) is 18.6 Å². The smallest absolute Gasteiger partial charge is 0.322 e. The summed E-state index contributed by atoms with van der Waals surface area (Å²) in [4.78, 5) is 24.0. The number of morpholine rings is 1. The second-order valence-electron chi connectivity index (χ2n) is 5.69. The molecule has 26 heavy (non-hydrogen) atoms. The first kappa shape index (κ1) is 16.3. The first-order valence-corrected chi connectivity index (χ1v) is 8.40. The van der Waals surface area contributed by atoms with Gasteiger partial charge in [-0.05, 0) is 24.3 Å². The third kappa shape index (κ3) is 3.92. The van der Waals surface area contributed by atoms with E-state index in [0.717, 1.165) is 24.3 Å². The van der Waals surface area contributed by atoms with Gasteiger partial charge in [-0.2, -0.15) is 15.0 Å². The van der Waals surface area contributed by atoms with Crippen molar-refractivity contribution in [1.29, 1.82) is 0 Å². The highest BCUT2D eigenvalue weighted by molar-refractivity contribution is 5.55. The van der Waals surface area contributed by atoms with Crippen LogP contribution < -0.4 is 9.64 Å². The van der Waals surface area contributed by atoms with Gasteiger partial charge in [0, 0.05) is 37.2 Å². The summed E-state index contributed by atoms with van der Waals surface area (Å²) in [5.74, 6) is 1.11. The minimum atomic E-state index is 0.269. The molecule has 0 radical (unpaired) electrons. The lowest BCUT2D eigenvalue weighted by Gasteiger charge is -2.27. The Kier molecular flexibility index (Phi) is 4.92. The summed E-state index contributed by atoms with van der Waals surface area (Å²) in [6.07, 6.45) is 5.17. The van der Waals surface area contributed by atoms with Gasteiger partial charge in [0.15, 0.2) is 5.82 Å². The van der Waals surface area contributed by atoms with Crippen LogP contribution >= 0.6 is 0 Å². The van der Waals surface area contributed by atoms with Crippen LogP contribution in [0.1, 0.15) is 5.69 Å². The molecule has 0 bridgehead atoms. The van der Waals surface area contributed by atoms with Gasteiger partial charge in [-0.3, -0.25) is 9.97 Å². The van der Waals surface area contributed by atoms with Crippen LogP contribution in [0.3, 0.4) is 0 Å². The SMILES string of the molecule is c1ccc(COc2nc(-c3cccnc3)nc(N3CCOCC3)n2)nc1. The van der Waals surface area contributed by atoms with E-state index in [4.69, 9.17) is 9.47 Å². The summed E-state index contributed by atoms with van der Waals surface area (Å²) in [5, 5.41) is 0. The zero-order chi connectivity index (χ0) is 17.6. The molecule has 1 aliphatic heterocycles. The molecule has 0 unspecified atom stereocenters. The molecule has 0 amide bonds. The number of pyridine rings is 2. The zero-order valence-electron chi connectivity index (χ0n) is 14.2. The Morgan fingerprint density at radius 1 is 1.00 bits per heavy atom. The first-order valence-electron chi connectivity index (χ1n) is 8.40. The van der Waals surface area contributed by atoms with Gasteiger partial charge in [-0.25, -0.2) is 0 Å². The molecule has 8 heteroatoms. The summed E-state index contributed by atoms with van der Waals surface area (Å²) in [6, 6.07) is 9.70. The van der Waals surface area contributed by atoms with Crippen LogP contribution in [0.5, 0.6) is 6.01 Å². The number of rotatable bonds is 5. The van der Waals surface area contributed by atoms with Crippen molar-refractivity contribution in [2.75, 3.05) is 31.2 Å². The molecule has 8 nitrogen and oxygen atoms in total. The number of hydrogen-bond donors (Lipinski definition) is 0. The van der Waals surface area contributed by atoms with Gasteiger partial charge in [-0.15, -0.1) is 0 Å². The average Bonchev–Trinajstić information content (AvgIpc) is 2.74. The van der Waals surface area contributed by atoms with Crippen molar-refractivity contribution in [2.24, 2.45) is 0 Å². The highest BCUT2D eigenvalue weighted by Crippen LogP contribution is 2.21. The molecule has 0 saturated carbocycles. The topological polar surface area (TPSA) is 86.2 Å². The Labute approximate surface area is 150 Å². The zero-order valence-corrected chi connectivity index (χ0v) is 14.2. The second kappa shape index (κ2) is 7.83. The van der Waals surface area contributed by atoms with Crippen molar-refractivity contribution in [2.45, 2.75) is 6.61 Å². The molecular weight excluding hydrogens is 332 g/mol. The van der Waals surface area contributed by atoms with Crippen LogP contribution in [0.15, 0.2) is 48.9 Å². The largest absolute Gasteiger partial charge is 0.457 e. The predicted octanol–water partition coefficient (Wildman–Crippen LogP) is 1.74. The maximum Gasteiger partial charge on any atom is 0.322 e. The molecule has 3 aromatic heterocycles. The van der Waals surface area contributed by atoms with Crippen LogP contribution in [-0.2, 0) is 11.3 Å². The highest BCUT2D eigenvalue weighted by atomic mass is 16.5. The van der Waals surface area contributed by atoms with Gasteiger partial charge < -0.3 is 14.4 Å². The molecule has 0 atom stereocenters. The highest BCUT2D eigenvalue weighted by Gasteiger charge is 2.18. The standard InChI is InChI=1S/C18H18N6O2/c1-2-7-20-15(5-1)13-26-18-22-16(14-4-3-6-19-12-14)21-17(23-18)24-8-10-25-11-9-24/h1-7,12H,8-11,13H2. The third-order valence-corrected chi connectivity index (χ3v) is 3.89. The molecule has 1 fully saturated rings. The third-order valence-electron chi connectivity index (χ3n) is 3.89. The molecular formula is C18H18N6O2. The molecule has 4 heterocycles. The number of hydrogen-bond acceptors (Lipinski definition) is 8. The monoisotopic (exact) mass is 350 g/mol. The van der Waals surface area contributed by atoms with Crippen LogP contribution in [0.25, 0.3) is 11.4 Å². The van der Waals surface area contributed by atoms with Crippen LogP contribution in [-0.4, -0.2) is 51.2 Å². The molecule has 3 aromatic rings. The van der Waals surface area contributed by atoms with E-state index in [1.807, 2.05) is 30.3 Å². The lowest BCUT2D eigenvalue weighted by Crippen LogP contribution is -2.37. The van der Waals surface area contributed by atoms with Crippen molar-refractivity contribution < 1.29 is 9.47 Å². The van der Waals surface area contributed by atoms with Gasteiger partial charge in [0.25, 0.3) is 0 Å². The van der Waals surface area contributed by atoms with Gasteiger partial charge in [-0.1, -0.05) is 6.07 Å². The molecule has 0 aromatic carbocycles. The number of aromatic nitrogens is 5. The van der Waals surface area contributed by atoms with Crippen LogP contribution in [0, 0.1) is 0 Å². The lowest BCUT2D eigenvalue weighted by molar-refractivity contribution is 0.122. The molecule has 1 saturated heterocycles. The maximum absolute atomic E-state index is 5.78. The molecule has 132 valence electrons. The predicted molar refractivity (Wildman–Crippen MR) is 94.7 cm³/mol. The van der Waals surface area contributed by atoms with E-state index in [9.17, 15) is 0 Å². The Hall–Kier alpha value is -3.13. The summed E-state index contributed by atoms with van der Waals surface area (Å²) in [5.41, 5.74) is 1.62. The van der Waals surface area contributed by atoms with E-state index in [0.29, 0.717) is 31.6 Å². The van der Waals surface area contributed by atoms with Crippen LogP contribution in [0.4, 0.5) is 5.95 Å². The molecule has 4 rings (SSSR count). The van der Waals surface area contributed by atoms with Gasteiger partial charge in [0.05, 0.1) is 18.9 Å². The van der Waals surface area contributed by atoms with Gasteiger partial charge in [0.2, 0.25) is 5.95 Å². The Morgan fingerprint density at radius 2 is 1.92 bits per heavy atom. The Balaban J connectivity index is 1.63. The number of anilines is 1. The van der Waals surface area contributed by atoms with E-state index in [2.05, 4.69) is 29.8 Å². The Morgan fingerprint density at radius 3 is 2.69 bits per heavy atom. The Bertz CT molecular complexity index is 841. The van der Waals surface area contributed by atoms with Crippen molar-refractivity contribution in [3.8, 4) is 17.4 Å². The van der Waals surface area contributed by atoms with Gasteiger partial charge >= 0.3 is 6.01 Å². The van der Waals surface area contributed by atoms with Crippen molar-refractivity contribution in [3.05, 3.63) is 54.6 Å². The van der Waals surface area contributed by atoms with Crippen molar-refractivity contribution >= 4 is 5.95 Å². The summed E-state index contributed by atoms with van der Waals surface area (Å²) in [7, 11) is 0. The minimum absolute atomic E-state index is 0.269. The van der Waals surface area contributed by atoms with Crippen molar-refractivity contribution in [3.63, 3.8) is 0 Å². The molecule has 0 N–H and O–H groups in total. The summed E-state index contributed by atoms with van der Waals surface area (Å²) >= 11 is 0. The van der Waals surface area contributed by atoms with Crippen molar-refractivity contribution in [1.82, 2.24) is 24.9 Å². The first-order chi connectivity index (χ1) is 12.9. The lowest BCUT2D eigenvalue weighted by atomic mass is 10.3. The van der Waals surface area contributed by atoms with Crippen LogP contribution in [0.2, 0.25) is 0 Å². The quantitative estimate of drug-likeness (QED) is 0.688. The van der Waals surface area contributed by atoms with E-state index in [-0.39, 0.29) is 6.01 Å². The number of nitrogens with zero attached hydrogens (tertiary/aromatic N) is 6. The van der Waals surface area contributed by atoms with E-state index in [1.165, 1.54) is 0 Å². The fourth-order valence-corrected chi connectivity index (χ4v) is 2.56. The minimum Gasteiger partial charge on any atom is -0.457 e. The van der Waals surface area contributed by atoms with Gasteiger partial charge in [0.1, 0.15) is 6.61 Å². The molecule has 0 spiro atoms. The second-order valence-corrected chi connectivity index (χ2v) is 5.69. The normalized spacial score (nSPS) is 14.2. The molecule has 1 aliphatic rings. The van der Waals surface area contributed by atoms with E-state index >= 15 is 0 Å². The fourth-order valence-electron chi connectivity index (χ4n) is 2.56.